The third-order valence-electron chi connectivity index (χ3n) is 4.89. The first-order valence-electron chi connectivity index (χ1n) is 10.1. The molecule has 3 rings (SSSR count). The number of ether oxygens (including phenoxy) is 2. The van der Waals surface area contributed by atoms with E-state index >= 15 is 0 Å². The van der Waals surface area contributed by atoms with Crippen LogP contribution in [0.15, 0.2) is 30.5 Å². The van der Waals surface area contributed by atoms with Gasteiger partial charge in [0.2, 0.25) is 5.91 Å². The molecule has 9 heteroatoms. The second kappa shape index (κ2) is 10.2. The van der Waals surface area contributed by atoms with Crippen molar-refractivity contribution in [2.24, 2.45) is 7.05 Å². The number of morpholine rings is 1. The fourth-order valence-corrected chi connectivity index (χ4v) is 3.46. The number of carbonyl (C=O) groups excluding carboxylic acids is 2. The summed E-state index contributed by atoms with van der Waals surface area (Å²) in [5.74, 6) is -0.398. The van der Waals surface area contributed by atoms with Gasteiger partial charge in [0.1, 0.15) is 11.4 Å². The molecule has 1 saturated heterocycles. The van der Waals surface area contributed by atoms with Crippen molar-refractivity contribution in [3.63, 3.8) is 0 Å². The lowest BCUT2D eigenvalue weighted by Gasteiger charge is -2.31. The van der Waals surface area contributed by atoms with E-state index in [9.17, 15) is 9.59 Å². The summed E-state index contributed by atoms with van der Waals surface area (Å²) in [6.45, 7) is 5.95. The number of nitrogens with zero attached hydrogens (tertiary/aromatic N) is 4. The van der Waals surface area contributed by atoms with Crippen LogP contribution in [0, 0.1) is 0 Å². The molecule has 1 aromatic heterocycles. The fraction of sp³-hybridized carbons (Fsp3) is 0.476. The molecule has 1 aliphatic rings. The normalized spacial score (nSPS) is 14.1. The first kappa shape index (κ1) is 21.8. The molecule has 0 atom stereocenters. The van der Waals surface area contributed by atoms with Gasteiger partial charge in [-0.15, -0.1) is 0 Å². The van der Waals surface area contributed by atoms with Gasteiger partial charge in [0.05, 0.1) is 32.6 Å². The van der Waals surface area contributed by atoms with Gasteiger partial charge in [-0.1, -0.05) is 18.2 Å². The summed E-state index contributed by atoms with van der Waals surface area (Å²) in [5, 5.41) is 6.84. The molecule has 2 heterocycles. The fourth-order valence-electron chi connectivity index (χ4n) is 3.46. The summed E-state index contributed by atoms with van der Waals surface area (Å²) in [5.41, 5.74) is 2.57. The lowest BCUT2D eigenvalue weighted by Crippen LogP contribution is -2.37. The molecular weight excluding hydrogens is 386 g/mol. The minimum Gasteiger partial charge on any atom is -0.462 e. The Bertz CT molecular complexity index is 876. The van der Waals surface area contributed by atoms with Crippen molar-refractivity contribution in [2.45, 2.75) is 13.5 Å². The Morgan fingerprint density at radius 2 is 2.00 bits per heavy atom. The monoisotopic (exact) mass is 415 g/mol. The number of carbonyl (C=O) groups is 2. The maximum atomic E-state index is 12.6. The molecule has 0 unspecified atom stereocenters. The summed E-state index contributed by atoms with van der Waals surface area (Å²) < 4.78 is 11.9. The average Bonchev–Trinajstić information content (AvgIpc) is 3.09. The lowest BCUT2D eigenvalue weighted by molar-refractivity contribution is -0.117. The molecule has 1 aromatic carbocycles. The Morgan fingerprint density at radius 1 is 1.27 bits per heavy atom. The second-order valence-electron chi connectivity index (χ2n) is 7.20. The minimum atomic E-state index is -0.506. The van der Waals surface area contributed by atoms with E-state index in [2.05, 4.69) is 27.4 Å². The first-order valence-corrected chi connectivity index (χ1v) is 10.1. The van der Waals surface area contributed by atoms with E-state index in [1.165, 1.54) is 16.6 Å². The molecule has 9 nitrogen and oxygen atoms in total. The Kier molecular flexibility index (Phi) is 7.42. The largest absolute Gasteiger partial charge is 0.462 e. The van der Waals surface area contributed by atoms with E-state index in [1.54, 1.807) is 14.0 Å². The molecule has 0 aliphatic carbocycles. The van der Waals surface area contributed by atoms with E-state index < -0.39 is 5.97 Å². The Labute approximate surface area is 176 Å². The predicted molar refractivity (Wildman–Crippen MR) is 114 cm³/mol. The van der Waals surface area contributed by atoms with Crippen molar-refractivity contribution in [3.8, 4) is 0 Å². The highest BCUT2D eigenvalue weighted by Crippen LogP contribution is 2.23. The predicted octanol–water partition coefficient (Wildman–Crippen LogP) is 1.50. The Balaban J connectivity index is 1.62. The second-order valence-corrected chi connectivity index (χ2v) is 7.20. The standard InChI is InChI=1S/C21H29N5O4/c1-4-30-21(28)17-13-22-25(3)20(17)23-19(27)15-24(2)14-16-7-5-6-8-18(16)26-9-11-29-12-10-26/h5-8,13H,4,9-12,14-15H2,1-3H3,(H,23,27). The number of nitrogens with one attached hydrogen (secondary N) is 1. The van der Waals surface area contributed by atoms with Crippen LogP contribution in [0.2, 0.25) is 0 Å². The Morgan fingerprint density at radius 3 is 2.73 bits per heavy atom. The lowest BCUT2D eigenvalue weighted by atomic mass is 10.1. The van der Waals surface area contributed by atoms with Crippen LogP contribution >= 0.6 is 0 Å². The van der Waals surface area contributed by atoms with Crippen LogP contribution in [0.3, 0.4) is 0 Å². The van der Waals surface area contributed by atoms with Gasteiger partial charge in [-0.25, -0.2) is 4.79 Å². The van der Waals surface area contributed by atoms with Crippen molar-refractivity contribution in [2.75, 3.05) is 56.7 Å². The quantitative estimate of drug-likeness (QED) is 0.654. The molecule has 2 aromatic rings. The molecule has 162 valence electrons. The van der Waals surface area contributed by atoms with Crippen LogP contribution < -0.4 is 10.2 Å². The first-order chi connectivity index (χ1) is 14.5. The van der Waals surface area contributed by atoms with Crippen molar-refractivity contribution in [1.82, 2.24) is 14.7 Å². The molecular formula is C21H29N5O4. The van der Waals surface area contributed by atoms with Crippen LogP contribution in [-0.2, 0) is 27.9 Å². The molecule has 30 heavy (non-hydrogen) atoms. The van der Waals surface area contributed by atoms with Crippen molar-refractivity contribution in [3.05, 3.63) is 41.6 Å². The van der Waals surface area contributed by atoms with Crippen LogP contribution in [0.4, 0.5) is 11.5 Å². The third-order valence-corrected chi connectivity index (χ3v) is 4.89. The number of aryl methyl sites for hydroxylation is 1. The average molecular weight is 415 g/mol. The number of anilines is 2. The number of hydrogen-bond donors (Lipinski definition) is 1. The highest BCUT2D eigenvalue weighted by molar-refractivity contribution is 6.00. The third kappa shape index (κ3) is 5.37. The molecule has 0 radical (unpaired) electrons. The van der Waals surface area contributed by atoms with Crippen molar-refractivity contribution in [1.29, 1.82) is 0 Å². The zero-order valence-electron chi connectivity index (χ0n) is 17.8. The molecule has 1 aliphatic heterocycles. The number of para-hydroxylation sites is 1. The van der Waals surface area contributed by atoms with Gasteiger partial charge in [0.15, 0.2) is 0 Å². The topological polar surface area (TPSA) is 88.9 Å². The summed E-state index contributed by atoms with van der Waals surface area (Å²) >= 11 is 0. The van der Waals surface area contributed by atoms with Crippen LogP contribution in [0.1, 0.15) is 22.8 Å². The van der Waals surface area contributed by atoms with Gasteiger partial charge in [0, 0.05) is 32.4 Å². The van der Waals surface area contributed by atoms with Gasteiger partial charge in [-0.3, -0.25) is 14.4 Å². The highest BCUT2D eigenvalue weighted by atomic mass is 16.5. The van der Waals surface area contributed by atoms with E-state index in [4.69, 9.17) is 9.47 Å². The van der Waals surface area contributed by atoms with E-state index in [0.717, 1.165) is 31.9 Å². The van der Waals surface area contributed by atoms with Crippen LogP contribution in [0.5, 0.6) is 0 Å². The summed E-state index contributed by atoms with van der Waals surface area (Å²) in [7, 11) is 3.56. The van der Waals surface area contributed by atoms with E-state index in [0.29, 0.717) is 12.4 Å². The number of likely N-dealkylation sites (N-methyl/N-ethyl adjacent to an activating group) is 1. The smallest absolute Gasteiger partial charge is 0.343 e. The maximum Gasteiger partial charge on any atom is 0.343 e. The van der Waals surface area contributed by atoms with Crippen molar-refractivity contribution >= 4 is 23.4 Å². The van der Waals surface area contributed by atoms with Gasteiger partial charge in [0.25, 0.3) is 0 Å². The minimum absolute atomic E-state index is 0.172. The number of benzene rings is 1. The van der Waals surface area contributed by atoms with Gasteiger partial charge in [-0.2, -0.15) is 5.10 Å². The molecule has 1 amide bonds. The molecule has 1 fully saturated rings. The van der Waals surface area contributed by atoms with E-state index in [1.807, 2.05) is 24.1 Å². The zero-order valence-corrected chi connectivity index (χ0v) is 17.8. The molecule has 0 saturated carbocycles. The van der Waals surface area contributed by atoms with Gasteiger partial charge < -0.3 is 19.7 Å². The molecule has 0 spiro atoms. The SMILES string of the molecule is CCOC(=O)c1cnn(C)c1NC(=O)CN(C)Cc1ccccc1N1CCOCC1. The number of hydrogen-bond acceptors (Lipinski definition) is 7. The van der Waals surface area contributed by atoms with Crippen LogP contribution in [-0.4, -0.2) is 73.1 Å². The molecule has 0 bridgehead atoms. The summed E-state index contributed by atoms with van der Waals surface area (Å²) in [4.78, 5) is 28.9. The van der Waals surface area contributed by atoms with Crippen molar-refractivity contribution < 1.29 is 19.1 Å². The number of esters is 1. The summed E-state index contributed by atoms with van der Waals surface area (Å²) in [6.07, 6.45) is 1.40. The zero-order chi connectivity index (χ0) is 21.5. The highest BCUT2D eigenvalue weighted by Gasteiger charge is 2.20. The summed E-state index contributed by atoms with van der Waals surface area (Å²) in [6, 6.07) is 8.23. The number of aromatic nitrogens is 2. The number of rotatable bonds is 8. The van der Waals surface area contributed by atoms with Crippen LogP contribution in [0.25, 0.3) is 0 Å². The number of amides is 1. The van der Waals surface area contributed by atoms with E-state index in [-0.39, 0.29) is 24.6 Å². The van der Waals surface area contributed by atoms with Gasteiger partial charge >= 0.3 is 5.97 Å². The van der Waals surface area contributed by atoms with Gasteiger partial charge in [-0.05, 0) is 25.6 Å². The maximum absolute atomic E-state index is 12.6. The Hall–Kier alpha value is -2.91. The molecule has 1 N–H and O–H groups in total.